The molecule has 0 unspecified atom stereocenters. The Kier molecular flexibility index (Phi) is 5.02. The lowest BCUT2D eigenvalue weighted by Gasteiger charge is -2.09. The van der Waals surface area contributed by atoms with Crippen molar-refractivity contribution in [2.24, 2.45) is 0 Å². The van der Waals surface area contributed by atoms with E-state index in [0.29, 0.717) is 0 Å². The van der Waals surface area contributed by atoms with Gasteiger partial charge in [0.15, 0.2) is 6.61 Å². The number of esters is 1. The summed E-state index contributed by atoms with van der Waals surface area (Å²) in [6, 6.07) is 0. The molecule has 0 fully saturated rings. The minimum Gasteiger partial charge on any atom is -0.465 e. The van der Waals surface area contributed by atoms with Gasteiger partial charge in [-0.3, -0.25) is 4.84 Å². The topological polar surface area (TPSA) is 94.8 Å². The average Bonchev–Trinajstić information content (AvgIpc) is 2.61. The van der Waals surface area contributed by atoms with E-state index in [4.69, 9.17) is 4.42 Å². The highest BCUT2D eigenvalue weighted by Crippen LogP contribution is 2.27. The van der Waals surface area contributed by atoms with E-state index in [9.17, 15) is 26.4 Å². The molecule has 21 heavy (non-hydrogen) atoms. The lowest BCUT2D eigenvalue weighted by molar-refractivity contribution is -0.181. The van der Waals surface area contributed by atoms with Gasteiger partial charge in [0.05, 0.1) is 7.11 Å². The smallest absolute Gasteiger partial charge is 0.413 e. The third-order valence-corrected chi connectivity index (χ3v) is 3.63. The summed E-state index contributed by atoms with van der Waals surface area (Å²) in [4.78, 5) is 16.1. The van der Waals surface area contributed by atoms with Crippen molar-refractivity contribution in [3.05, 3.63) is 17.1 Å². The Labute approximate surface area is 118 Å². The molecule has 0 bridgehead atoms. The highest BCUT2D eigenvalue weighted by atomic mass is 32.2. The van der Waals surface area contributed by atoms with Gasteiger partial charge in [0.2, 0.25) is 0 Å². The minimum atomic E-state index is -4.71. The van der Waals surface area contributed by atoms with Gasteiger partial charge in [-0.25, -0.2) is 13.2 Å². The molecule has 0 radical (unpaired) electrons. The van der Waals surface area contributed by atoms with Crippen LogP contribution in [0.5, 0.6) is 0 Å². The van der Waals surface area contributed by atoms with Crippen molar-refractivity contribution in [1.82, 2.24) is 4.89 Å². The molecule has 0 saturated heterocycles. The fourth-order valence-electron chi connectivity index (χ4n) is 1.56. The number of furan rings is 1. The summed E-state index contributed by atoms with van der Waals surface area (Å²) in [5, 5.41) is 0. The number of methoxy groups -OCH3 is 1. The van der Waals surface area contributed by atoms with Crippen molar-refractivity contribution >= 4 is 16.0 Å². The number of carbonyl (C=O) groups excluding carboxylic acids is 1. The zero-order valence-electron chi connectivity index (χ0n) is 11.2. The highest BCUT2D eigenvalue weighted by Gasteiger charge is 2.33. The van der Waals surface area contributed by atoms with Gasteiger partial charge in [0.1, 0.15) is 22.0 Å². The fraction of sp³-hybridized carbons (Fsp3) is 0.500. The molecule has 0 aliphatic carbocycles. The van der Waals surface area contributed by atoms with Crippen molar-refractivity contribution in [3.8, 4) is 0 Å². The molecule has 7 nitrogen and oxygen atoms in total. The molecule has 0 atom stereocenters. The van der Waals surface area contributed by atoms with Crippen LogP contribution in [0.25, 0.3) is 0 Å². The van der Waals surface area contributed by atoms with Crippen LogP contribution in [0.4, 0.5) is 13.2 Å². The fourth-order valence-corrected chi connectivity index (χ4v) is 2.77. The Morgan fingerprint density at radius 1 is 1.29 bits per heavy atom. The van der Waals surface area contributed by atoms with Crippen LogP contribution in [-0.4, -0.2) is 34.3 Å². The summed E-state index contributed by atoms with van der Waals surface area (Å²) in [5.41, 5.74) is -0.405. The maximum atomic E-state index is 11.9. The van der Waals surface area contributed by atoms with Gasteiger partial charge in [-0.05, 0) is 13.8 Å². The second-order valence-electron chi connectivity index (χ2n) is 3.90. The molecular weight excluding hydrogens is 319 g/mol. The van der Waals surface area contributed by atoms with Crippen molar-refractivity contribution < 1.29 is 40.4 Å². The number of nitrogens with one attached hydrogen (secondary N) is 1. The van der Waals surface area contributed by atoms with Gasteiger partial charge in [-0.2, -0.15) is 13.2 Å². The summed E-state index contributed by atoms with van der Waals surface area (Å²) in [6.07, 6.45) is -4.71. The van der Waals surface area contributed by atoms with Crippen molar-refractivity contribution in [1.29, 1.82) is 0 Å². The molecule has 0 aliphatic rings. The molecule has 1 N–H and O–H groups in total. The molecule has 11 heteroatoms. The SMILES string of the molecule is COC(=O)c1c(C)oc(C)c1S(=O)(=O)NOCC(F)(F)F. The molecule has 1 rings (SSSR count). The van der Waals surface area contributed by atoms with Crippen LogP contribution in [0, 0.1) is 13.8 Å². The molecule has 0 spiro atoms. The molecular formula is C10H12F3NO6S. The van der Waals surface area contributed by atoms with E-state index in [1.807, 2.05) is 0 Å². The number of alkyl halides is 3. The lowest BCUT2D eigenvalue weighted by atomic mass is 10.2. The average molecular weight is 331 g/mol. The Morgan fingerprint density at radius 3 is 2.33 bits per heavy atom. The van der Waals surface area contributed by atoms with E-state index in [2.05, 4.69) is 9.57 Å². The predicted molar refractivity (Wildman–Crippen MR) is 61.9 cm³/mol. The number of carbonyl (C=O) groups is 1. The van der Waals surface area contributed by atoms with Crippen molar-refractivity contribution in [3.63, 3.8) is 0 Å². The van der Waals surface area contributed by atoms with Gasteiger partial charge in [-0.1, -0.05) is 4.89 Å². The summed E-state index contributed by atoms with van der Waals surface area (Å²) >= 11 is 0. The Balaban J connectivity index is 3.11. The van der Waals surface area contributed by atoms with Crippen LogP contribution in [0.1, 0.15) is 21.9 Å². The van der Waals surface area contributed by atoms with Crippen LogP contribution in [0.2, 0.25) is 0 Å². The molecule has 1 aromatic heterocycles. The van der Waals surface area contributed by atoms with E-state index in [0.717, 1.165) is 7.11 Å². The molecule has 0 amide bonds. The minimum absolute atomic E-state index is 0.0458. The summed E-state index contributed by atoms with van der Waals surface area (Å²) in [6.45, 7) is 0.724. The van der Waals surface area contributed by atoms with E-state index in [1.54, 1.807) is 0 Å². The first-order chi connectivity index (χ1) is 9.49. The molecule has 0 saturated carbocycles. The molecule has 0 aliphatic heterocycles. The number of halogens is 3. The van der Waals surface area contributed by atoms with Crippen LogP contribution >= 0.6 is 0 Å². The summed E-state index contributed by atoms with van der Waals surface area (Å²) in [5.74, 6) is -1.23. The first-order valence-corrected chi connectivity index (χ1v) is 6.86. The molecule has 120 valence electrons. The Morgan fingerprint density at radius 2 is 1.86 bits per heavy atom. The maximum Gasteiger partial charge on any atom is 0.413 e. The van der Waals surface area contributed by atoms with Crippen LogP contribution in [-0.2, 0) is 19.6 Å². The standard InChI is InChI=1S/C10H12F3NO6S/c1-5-7(9(15)18-3)8(6(2)20-5)21(16,17)14-19-4-10(11,12)13/h14H,4H2,1-3H3. The quantitative estimate of drug-likeness (QED) is 0.648. The van der Waals surface area contributed by atoms with Crippen LogP contribution < -0.4 is 4.89 Å². The maximum absolute atomic E-state index is 11.9. The first-order valence-electron chi connectivity index (χ1n) is 5.38. The number of rotatable bonds is 5. The second kappa shape index (κ2) is 6.03. The van der Waals surface area contributed by atoms with Crippen molar-refractivity contribution in [2.45, 2.75) is 24.9 Å². The number of hydrogen-bond acceptors (Lipinski definition) is 6. The van der Waals surface area contributed by atoms with Crippen LogP contribution in [0.15, 0.2) is 9.31 Å². The molecule has 1 aromatic rings. The number of sulfonamides is 1. The van der Waals surface area contributed by atoms with Crippen LogP contribution in [0.3, 0.4) is 0 Å². The normalized spacial score (nSPS) is 12.5. The molecule has 0 aromatic carbocycles. The first kappa shape index (κ1) is 17.5. The molecule has 1 heterocycles. The van der Waals surface area contributed by atoms with E-state index in [-0.39, 0.29) is 11.5 Å². The zero-order chi connectivity index (χ0) is 16.4. The lowest BCUT2D eigenvalue weighted by Crippen LogP contribution is -2.30. The predicted octanol–water partition coefficient (Wildman–Crippen LogP) is 1.46. The second-order valence-corrected chi connectivity index (χ2v) is 5.48. The van der Waals surface area contributed by atoms with E-state index < -0.39 is 39.2 Å². The van der Waals surface area contributed by atoms with E-state index in [1.165, 1.54) is 18.7 Å². The number of hydrogen-bond donors (Lipinski definition) is 1. The number of ether oxygens (including phenoxy) is 1. The summed E-state index contributed by atoms with van der Waals surface area (Å²) < 4.78 is 69.0. The van der Waals surface area contributed by atoms with Gasteiger partial charge < -0.3 is 9.15 Å². The van der Waals surface area contributed by atoms with E-state index >= 15 is 0 Å². The van der Waals surface area contributed by atoms with Gasteiger partial charge in [-0.15, -0.1) is 0 Å². The van der Waals surface area contributed by atoms with Crippen molar-refractivity contribution in [2.75, 3.05) is 13.7 Å². The third-order valence-electron chi connectivity index (χ3n) is 2.27. The zero-order valence-corrected chi connectivity index (χ0v) is 12.0. The third kappa shape index (κ3) is 4.19. The van der Waals surface area contributed by atoms with Gasteiger partial charge >= 0.3 is 12.1 Å². The van der Waals surface area contributed by atoms with Gasteiger partial charge in [0.25, 0.3) is 10.0 Å². The monoisotopic (exact) mass is 331 g/mol. The van der Waals surface area contributed by atoms with Gasteiger partial charge in [0, 0.05) is 0 Å². The highest BCUT2D eigenvalue weighted by molar-refractivity contribution is 7.89. The summed E-state index contributed by atoms with van der Waals surface area (Å²) in [7, 11) is -3.52. The number of aryl methyl sites for hydroxylation is 2. The Bertz CT molecular complexity index is 634. The largest absolute Gasteiger partial charge is 0.465 e. The Hall–Kier alpha value is -1.59.